The molecule has 0 aliphatic heterocycles. The fraction of sp³-hybridized carbons (Fsp3) is 0.429. The minimum atomic E-state index is -1.05. The Bertz CT molecular complexity index is 526. The molecular weight excluding hydrogens is 317 g/mol. The zero-order valence-electron chi connectivity index (χ0n) is 11.9. The SMILES string of the molecule is CC(Oc1cc(Cl)cc(Cl)c1)C(=O)NCC(C)(C)C(=O)O. The number of hydrogen-bond acceptors (Lipinski definition) is 3. The summed E-state index contributed by atoms with van der Waals surface area (Å²) in [5, 5.41) is 12.3. The topological polar surface area (TPSA) is 75.6 Å². The summed E-state index contributed by atoms with van der Waals surface area (Å²) in [6.07, 6.45) is -0.802. The van der Waals surface area contributed by atoms with E-state index in [1.807, 2.05) is 0 Å². The van der Waals surface area contributed by atoms with Gasteiger partial charge in [0.1, 0.15) is 5.75 Å². The van der Waals surface area contributed by atoms with Gasteiger partial charge in [-0.1, -0.05) is 23.2 Å². The maximum atomic E-state index is 11.9. The summed E-state index contributed by atoms with van der Waals surface area (Å²) in [6, 6.07) is 4.63. The predicted octanol–water partition coefficient (Wildman–Crippen LogP) is 2.99. The van der Waals surface area contributed by atoms with Crippen LogP contribution >= 0.6 is 23.2 Å². The number of carboxylic acid groups (broad SMARTS) is 1. The predicted molar refractivity (Wildman–Crippen MR) is 81.0 cm³/mol. The van der Waals surface area contributed by atoms with Gasteiger partial charge in [-0.05, 0) is 39.0 Å². The largest absolute Gasteiger partial charge is 0.481 e. The Balaban J connectivity index is 2.61. The zero-order valence-corrected chi connectivity index (χ0v) is 13.5. The second-order valence-corrected chi connectivity index (χ2v) is 6.14. The lowest BCUT2D eigenvalue weighted by Crippen LogP contribution is -2.43. The summed E-state index contributed by atoms with van der Waals surface area (Å²) < 4.78 is 5.44. The van der Waals surface area contributed by atoms with Crippen molar-refractivity contribution < 1.29 is 19.4 Å². The van der Waals surface area contributed by atoms with Gasteiger partial charge in [-0.2, -0.15) is 0 Å². The number of halogens is 2. The van der Waals surface area contributed by atoms with Crippen molar-refractivity contribution in [2.45, 2.75) is 26.9 Å². The lowest BCUT2D eigenvalue weighted by molar-refractivity contribution is -0.147. The van der Waals surface area contributed by atoms with E-state index in [-0.39, 0.29) is 6.54 Å². The summed E-state index contributed by atoms with van der Waals surface area (Å²) in [5.74, 6) is -1.04. The molecule has 21 heavy (non-hydrogen) atoms. The highest BCUT2D eigenvalue weighted by Crippen LogP contribution is 2.25. The molecule has 5 nitrogen and oxygen atoms in total. The molecule has 0 radical (unpaired) electrons. The number of nitrogens with one attached hydrogen (secondary N) is 1. The molecule has 1 amide bonds. The van der Waals surface area contributed by atoms with E-state index in [2.05, 4.69) is 5.32 Å². The van der Waals surface area contributed by atoms with Crippen LogP contribution in [0.15, 0.2) is 18.2 Å². The molecule has 0 aliphatic carbocycles. The quantitative estimate of drug-likeness (QED) is 0.839. The van der Waals surface area contributed by atoms with E-state index in [1.54, 1.807) is 25.1 Å². The van der Waals surface area contributed by atoms with Gasteiger partial charge >= 0.3 is 5.97 Å². The maximum absolute atomic E-state index is 11.9. The Hall–Kier alpha value is -1.46. The zero-order chi connectivity index (χ0) is 16.2. The Morgan fingerprint density at radius 2 is 1.81 bits per heavy atom. The monoisotopic (exact) mass is 333 g/mol. The molecule has 0 heterocycles. The van der Waals surface area contributed by atoms with Gasteiger partial charge in [-0.15, -0.1) is 0 Å². The molecule has 0 aliphatic rings. The van der Waals surface area contributed by atoms with Gasteiger partial charge in [-0.25, -0.2) is 0 Å². The minimum absolute atomic E-state index is 0.00513. The molecule has 1 aromatic carbocycles. The molecule has 0 fully saturated rings. The molecule has 116 valence electrons. The summed E-state index contributed by atoms with van der Waals surface area (Å²) in [4.78, 5) is 22.8. The van der Waals surface area contributed by atoms with Crippen LogP contribution in [0.25, 0.3) is 0 Å². The molecule has 0 saturated carbocycles. The van der Waals surface area contributed by atoms with Gasteiger partial charge in [0.2, 0.25) is 0 Å². The second kappa shape index (κ2) is 7.00. The van der Waals surface area contributed by atoms with Crippen LogP contribution in [0, 0.1) is 5.41 Å². The van der Waals surface area contributed by atoms with E-state index in [1.165, 1.54) is 13.8 Å². The van der Waals surface area contributed by atoms with Gasteiger partial charge in [-0.3, -0.25) is 9.59 Å². The standard InChI is InChI=1S/C14H17Cl2NO4/c1-8(12(18)17-7-14(2,3)13(19)20)21-11-5-9(15)4-10(16)6-11/h4-6,8H,7H2,1-3H3,(H,17,18)(H,19,20). The van der Waals surface area contributed by atoms with Crippen molar-refractivity contribution in [1.82, 2.24) is 5.32 Å². The van der Waals surface area contributed by atoms with E-state index in [0.29, 0.717) is 15.8 Å². The van der Waals surface area contributed by atoms with Crippen molar-refractivity contribution in [2.75, 3.05) is 6.54 Å². The van der Waals surface area contributed by atoms with Crippen LogP contribution in [-0.2, 0) is 9.59 Å². The van der Waals surface area contributed by atoms with Crippen LogP contribution in [-0.4, -0.2) is 29.6 Å². The number of benzene rings is 1. The Kier molecular flexibility index (Phi) is 5.87. The first-order chi connectivity index (χ1) is 9.61. The number of carboxylic acids is 1. The van der Waals surface area contributed by atoms with Crippen LogP contribution in [0.1, 0.15) is 20.8 Å². The van der Waals surface area contributed by atoms with Gasteiger partial charge in [0, 0.05) is 16.6 Å². The number of carbonyl (C=O) groups is 2. The van der Waals surface area contributed by atoms with Crippen molar-refractivity contribution in [3.8, 4) is 5.75 Å². The Morgan fingerprint density at radius 3 is 2.29 bits per heavy atom. The van der Waals surface area contributed by atoms with Crippen LogP contribution in [0.4, 0.5) is 0 Å². The summed E-state index contributed by atoms with van der Waals surface area (Å²) in [6.45, 7) is 4.61. The summed E-state index contributed by atoms with van der Waals surface area (Å²) in [5.41, 5.74) is -1.05. The average Bonchev–Trinajstić information content (AvgIpc) is 2.34. The van der Waals surface area contributed by atoms with E-state index < -0.39 is 23.4 Å². The number of carbonyl (C=O) groups excluding carboxylic acids is 1. The van der Waals surface area contributed by atoms with Gasteiger partial charge < -0.3 is 15.2 Å². The summed E-state index contributed by atoms with van der Waals surface area (Å²) >= 11 is 11.7. The van der Waals surface area contributed by atoms with Crippen LogP contribution in [0.2, 0.25) is 10.0 Å². The van der Waals surface area contributed by atoms with Crippen LogP contribution < -0.4 is 10.1 Å². The first-order valence-electron chi connectivity index (χ1n) is 6.25. The van der Waals surface area contributed by atoms with Gasteiger partial charge in [0.25, 0.3) is 5.91 Å². The van der Waals surface area contributed by atoms with E-state index >= 15 is 0 Å². The third-order valence-electron chi connectivity index (χ3n) is 2.80. The fourth-order valence-electron chi connectivity index (χ4n) is 1.38. The number of aliphatic carboxylic acids is 1. The molecular formula is C14H17Cl2NO4. The number of ether oxygens (including phenoxy) is 1. The highest BCUT2D eigenvalue weighted by atomic mass is 35.5. The minimum Gasteiger partial charge on any atom is -0.481 e. The van der Waals surface area contributed by atoms with Gasteiger partial charge in [0.05, 0.1) is 5.41 Å². The number of rotatable bonds is 6. The summed E-state index contributed by atoms with van der Waals surface area (Å²) in [7, 11) is 0. The fourth-order valence-corrected chi connectivity index (χ4v) is 1.89. The van der Waals surface area contributed by atoms with Crippen LogP contribution in [0.5, 0.6) is 5.75 Å². The third kappa shape index (κ3) is 5.44. The molecule has 1 atom stereocenters. The smallest absolute Gasteiger partial charge is 0.310 e. The Morgan fingerprint density at radius 1 is 1.29 bits per heavy atom. The molecule has 1 rings (SSSR count). The molecule has 0 bridgehead atoms. The molecule has 1 aromatic rings. The lowest BCUT2D eigenvalue weighted by atomic mass is 9.94. The van der Waals surface area contributed by atoms with E-state index in [0.717, 1.165) is 0 Å². The van der Waals surface area contributed by atoms with E-state index in [4.69, 9.17) is 33.0 Å². The second-order valence-electron chi connectivity index (χ2n) is 5.27. The average molecular weight is 334 g/mol. The highest BCUT2D eigenvalue weighted by Gasteiger charge is 2.28. The molecule has 1 unspecified atom stereocenters. The Labute approximate surface area is 133 Å². The van der Waals surface area contributed by atoms with Crippen molar-refractivity contribution in [3.63, 3.8) is 0 Å². The maximum Gasteiger partial charge on any atom is 0.310 e. The number of amides is 1. The molecule has 2 N–H and O–H groups in total. The molecule has 0 aromatic heterocycles. The van der Waals surface area contributed by atoms with E-state index in [9.17, 15) is 9.59 Å². The normalized spacial score (nSPS) is 12.6. The van der Waals surface area contributed by atoms with Crippen LogP contribution in [0.3, 0.4) is 0 Å². The highest BCUT2D eigenvalue weighted by molar-refractivity contribution is 6.34. The molecule has 0 spiro atoms. The van der Waals surface area contributed by atoms with Crippen molar-refractivity contribution >= 4 is 35.1 Å². The lowest BCUT2D eigenvalue weighted by Gasteiger charge is -2.21. The first kappa shape index (κ1) is 17.6. The third-order valence-corrected chi connectivity index (χ3v) is 3.24. The first-order valence-corrected chi connectivity index (χ1v) is 7.01. The number of hydrogen-bond donors (Lipinski definition) is 2. The molecule has 0 saturated heterocycles. The van der Waals surface area contributed by atoms with Crippen molar-refractivity contribution in [3.05, 3.63) is 28.2 Å². The van der Waals surface area contributed by atoms with Gasteiger partial charge in [0.15, 0.2) is 6.10 Å². The van der Waals surface area contributed by atoms with Crippen molar-refractivity contribution in [1.29, 1.82) is 0 Å². The molecule has 7 heteroatoms. The van der Waals surface area contributed by atoms with Crippen molar-refractivity contribution in [2.24, 2.45) is 5.41 Å².